The minimum Gasteiger partial charge on any atom is -0.273 e. The first-order chi connectivity index (χ1) is 5.04. The van der Waals surface area contributed by atoms with E-state index in [2.05, 4.69) is 0 Å². The van der Waals surface area contributed by atoms with Gasteiger partial charge in [0.15, 0.2) is 0 Å². The van der Waals surface area contributed by atoms with E-state index < -0.39 is 5.92 Å². The first-order valence-electron chi connectivity index (χ1n) is 3.27. The van der Waals surface area contributed by atoms with Crippen LogP contribution in [-0.4, -0.2) is 34.5 Å². The fourth-order valence-corrected chi connectivity index (χ4v) is 1.76. The lowest BCUT2D eigenvalue weighted by atomic mass is 10.1. The Hall–Kier alpha value is -0.710. The normalized spacial score (nSPS) is 21.4. The summed E-state index contributed by atoms with van der Waals surface area (Å²) in [5.74, 6) is -0.776. The summed E-state index contributed by atoms with van der Waals surface area (Å²) in [5, 5.41) is 0. The maximum Gasteiger partial charge on any atom is 0.245 e. The maximum absolute atomic E-state index is 11.1. The van der Waals surface area contributed by atoms with Crippen LogP contribution in [-0.2, 0) is 9.59 Å². The third-order valence-corrected chi connectivity index (χ3v) is 2.46. The molecule has 0 aromatic rings. The molecule has 1 saturated heterocycles. The number of hydrogen-bond donors (Lipinski definition) is 0. The number of carbonyl (C=O) groups excluding carboxylic acids is 2. The second kappa shape index (κ2) is 2.73. The molecule has 0 saturated carbocycles. The molecule has 0 aliphatic carbocycles. The third-order valence-electron chi connectivity index (χ3n) is 1.61. The highest BCUT2D eigenvalue weighted by atomic mass is 32.2. The van der Waals surface area contributed by atoms with E-state index in [1.54, 1.807) is 21.0 Å². The van der Waals surface area contributed by atoms with Crippen LogP contribution in [0.5, 0.6) is 0 Å². The largest absolute Gasteiger partial charge is 0.273 e. The van der Waals surface area contributed by atoms with Crippen LogP contribution in [0.25, 0.3) is 0 Å². The van der Waals surface area contributed by atoms with E-state index in [9.17, 15) is 9.59 Å². The number of rotatable bonds is 0. The van der Waals surface area contributed by atoms with Gasteiger partial charge in [-0.05, 0) is 6.92 Å². The summed E-state index contributed by atoms with van der Waals surface area (Å²) in [4.78, 5) is 22.3. The summed E-state index contributed by atoms with van der Waals surface area (Å²) in [5.41, 5.74) is 0. The predicted octanol–water partition coefficient (Wildman–Crippen LogP) is 0.116. The highest BCUT2D eigenvalue weighted by Crippen LogP contribution is 2.23. The standard InChI is InChI=1S/C6H10N2O2S/c1-4-5(9)7(2)11-8(3)6(4)10/h4H,1-3H3. The smallest absolute Gasteiger partial charge is 0.245 e. The average molecular weight is 174 g/mol. The van der Waals surface area contributed by atoms with Gasteiger partial charge in [0.25, 0.3) is 0 Å². The summed E-state index contributed by atoms with van der Waals surface area (Å²) in [7, 11) is 3.32. The molecule has 11 heavy (non-hydrogen) atoms. The molecule has 0 atom stereocenters. The molecule has 1 rings (SSSR count). The Balaban J connectivity index is 2.79. The summed E-state index contributed by atoms with van der Waals surface area (Å²) < 4.78 is 2.93. The van der Waals surface area contributed by atoms with Crippen LogP contribution in [0.15, 0.2) is 0 Å². The fraction of sp³-hybridized carbons (Fsp3) is 0.667. The van der Waals surface area contributed by atoms with Crippen LogP contribution in [0, 0.1) is 5.92 Å². The van der Waals surface area contributed by atoms with Crippen molar-refractivity contribution in [3.63, 3.8) is 0 Å². The van der Waals surface area contributed by atoms with Gasteiger partial charge in [0, 0.05) is 14.1 Å². The quantitative estimate of drug-likeness (QED) is 0.387. The van der Waals surface area contributed by atoms with Gasteiger partial charge in [-0.1, -0.05) is 0 Å². The van der Waals surface area contributed by atoms with E-state index in [0.717, 1.165) is 12.1 Å². The zero-order valence-electron chi connectivity index (χ0n) is 6.70. The molecule has 0 bridgehead atoms. The van der Waals surface area contributed by atoms with Crippen molar-refractivity contribution >= 4 is 23.9 Å². The lowest BCUT2D eigenvalue weighted by Crippen LogP contribution is -2.44. The highest BCUT2D eigenvalue weighted by molar-refractivity contribution is 7.95. The van der Waals surface area contributed by atoms with Crippen molar-refractivity contribution < 1.29 is 9.59 Å². The second-order valence-corrected chi connectivity index (χ2v) is 3.73. The Bertz CT molecular complexity index is 187. The summed E-state index contributed by atoms with van der Waals surface area (Å²) >= 11 is 1.13. The highest BCUT2D eigenvalue weighted by Gasteiger charge is 2.34. The van der Waals surface area contributed by atoms with Gasteiger partial charge in [-0.2, -0.15) is 0 Å². The van der Waals surface area contributed by atoms with Gasteiger partial charge in [0.1, 0.15) is 5.92 Å². The van der Waals surface area contributed by atoms with Gasteiger partial charge in [0.2, 0.25) is 11.8 Å². The van der Waals surface area contributed by atoms with Crippen molar-refractivity contribution in [3.8, 4) is 0 Å². The minimum atomic E-state index is -0.522. The first-order valence-corrected chi connectivity index (χ1v) is 4.00. The van der Waals surface area contributed by atoms with E-state index >= 15 is 0 Å². The van der Waals surface area contributed by atoms with Crippen LogP contribution >= 0.6 is 12.1 Å². The van der Waals surface area contributed by atoms with Gasteiger partial charge < -0.3 is 0 Å². The molecule has 0 aromatic heterocycles. The Labute approximate surface area is 69.8 Å². The van der Waals surface area contributed by atoms with Crippen LogP contribution < -0.4 is 0 Å². The van der Waals surface area contributed by atoms with Crippen LogP contribution in [0.4, 0.5) is 0 Å². The topological polar surface area (TPSA) is 40.6 Å². The number of nitrogens with zero attached hydrogens (tertiary/aromatic N) is 2. The number of amides is 2. The molecule has 1 fully saturated rings. The number of carbonyl (C=O) groups is 2. The Morgan fingerprint density at radius 3 is 1.91 bits per heavy atom. The molecule has 1 aliphatic rings. The van der Waals surface area contributed by atoms with Crippen LogP contribution in [0.3, 0.4) is 0 Å². The molecular weight excluding hydrogens is 164 g/mol. The Morgan fingerprint density at radius 1 is 1.18 bits per heavy atom. The van der Waals surface area contributed by atoms with Gasteiger partial charge in [-0.15, -0.1) is 0 Å². The minimum absolute atomic E-state index is 0.127. The van der Waals surface area contributed by atoms with E-state index in [1.165, 1.54) is 8.61 Å². The van der Waals surface area contributed by atoms with E-state index in [4.69, 9.17) is 0 Å². The molecule has 0 radical (unpaired) electrons. The lowest BCUT2D eigenvalue weighted by Gasteiger charge is -2.31. The first kappa shape index (κ1) is 8.39. The van der Waals surface area contributed by atoms with Crippen LogP contribution in [0.2, 0.25) is 0 Å². The zero-order chi connectivity index (χ0) is 8.59. The van der Waals surface area contributed by atoms with Crippen molar-refractivity contribution in [3.05, 3.63) is 0 Å². The fourth-order valence-electron chi connectivity index (χ4n) is 0.915. The second-order valence-electron chi connectivity index (χ2n) is 2.47. The number of hydrogen-bond acceptors (Lipinski definition) is 3. The molecule has 0 N–H and O–H groups in total. The van der Waals surface area contributed by atoms with E-state index in [-0.39, 0.29) is 11.8 Å². The molecule has 0 spiro atoms. The molecule has 0 aromatic carbocycles. The molecule has 2 amide bonds. The van der Waals surface area contributed by atoms with Crippen LogP contribution in [0.1, 0.15) is 6.92 Å². The Morgan fingerprint density at radius 2 is 1.55 bits per heavy atom. The lowest BCUT2D eigenvalue weighted by molar-refractivity contribution is -0.141. The van der Waals surface area contributed by atoms with Gasteiger partial charge in [-0.25, -0.2) is 0 Å². The summed E-state index contributed by atoms with van der Waals surface area (Å²) in [6.07, 6.45) is 0. The predicted molar refractivity (Wildman–Crippen MR) is 42.3 cm³/mol. The zero-order valence-corrected chi connectivity index (χ0v) is 7.51. The summed E-state index contributed by atoms with van der Waals surface area (Å²) in [6, 6.07) is 0. The molecule has 62 valence electrons. The molecule has 0 unspecified atom stereocenters. The molecular formula is C6H10N2O2S. The van der Waals surface area contributed by atoms with Gasteiger partial charge in [0.05, 0.1) is 12.1 Å². The van der Waals surface area contributed by atoms with Crippen molar-refractivity contribution in [1.29, 1.82) is 0 Å². The van der Waals surface area contributed by atoms with Crippen molar-refractivity contribution in [2.24, 2.45) is 5.92 Å². The molecule has 1 heterocycles. The molecule has 1 aliphatic heterocycles. The SMILES string of the molecule is CC1C(=O)N(C)SN(C)C1=O. The average Bonchev–Trinajstić information content (AvgIpc) is 1.97. The van der Waals surface area contributed by atoms with Gasteiger partial charge in [-0.3, -0.25) is 18.2 Å². The maximum atomic E-state index is 11.1. The van der Waals surface area contributed by atoms with Crippen molar-refractivity contribution in [2.45, 2.75) is 6.92 Å². The monoisotopic (exact) mass is 174 g/mol. The Kier molecular flexibility index (Phi) is 2.08. The van der Waals surface area contributed by atoms with E-state index in [0.29, 0.717) is 0 Å². The molecule has 5 heteroatoms. The van der Waals surface area contributed by atoms with Crippen molar-refractivity contribution in [1.82, 2.24) is 8.61 Å². The molecule has 4 nitrogen and oxygen atoms in total. The van der Waals surface area contributed by atoms with Gasteiger partial charge >= 0.3 is 0 Å². The van der Waals surface area contributed by atoms with Crippen molar-refractivity contribution in [2.75, 3.05) is 14.1 Å². The summed E-state index contributed by atoms with van der Waals surface area (Å²) in [6.45, 7) is 1.62. The third kappa shape index (κ3) is 1.33. The van der Waals surface area contributed by atoms with E-state index in [1.807, 2.05) is 0 Å².